The number of rotatable bonds is 4. The molecular formula is C49H33BN2. The van der Waals surface area contributed by atoms with E-state index in [1.807, 2.05) is 0 Å². The molecule has 0 unspecified atom stereocenters. The lowest BCUT2D eigenvalue weighted by Crippen LogP contribution is -2.59. The monoisotopic (exact) mass is 660 g/mol. The van der Waals surface area contributed by atoms with Crippen LogP contribution in [0.3, 0.4) is 0 Å². The molecule has 1 aromatic heterocycles. The van der Waals surface area contributed by atoms with Crippen LogP contribution in [0, 0.1) is 0 Å². The maximum atomic E-state index is 2.58. The van der Waals surface area contributed by atoms with Crippen LogP contribution < -0.4 is 21.3 Å². The lowest BCUT2D eigenvalue weighted by atomic mass is 9.34. The molecule has 2 aliphatic rings. The Morgan fingerprint density at radius 2 is 0.962 bits per heavy atom. The molecule has 0 radical (unpaired) electrons. The predicted molar refractivity (Wildman–Crippen MR) is 218 cm³/mol. The smallest absolute Gasteiger partial charge is 0.246 e. The molecule has 242 valence electrons. The molecule has 0 saturated heterocycles. The number of hydrogen-bond acceptors (Lipinski definition) is 1. The average molecular weight is 661 g/mol. The van der Waals surface area contributed by atoms with Crippen molar-refractivity contribution in [3.63, 3.8) is 0 Å². The Kier molecular flexibility index (Phi) is 6.29. The summed E-state index contributed by atoms with van der Waals surface area (Å²) in [5, 5.41) is 2.53. The van der Waals surface area contributed by atoms with Gasteiger partial charge < -0.3 is 9.47 Å². The molecule has 8 aromatic carbocycles. The second kappa shape index (κ2) is 11.2. The first kappa shape index (κ1) is 29.2. The molecule has 3 heteroatoms. The van der Waals surface area contributed by atoms with Crippen LogP contribution in [-0.2, 0) is 5.41 Å². The third-order valence-corrected chi connectivity index (χ3v) is 11.5. The third kappa shape index (κ3) is 3.91. The highest BCUT2D eigenvalue weighted by Crippen LogP contribution is 2.58. The summed E-state index contributed by atoms with van der Waals surface area (Å²) >= 11 is 0. The molecule has 0 bridgehead atoms. The van der Waals surface area contributed by atoms with E-state index in [-0.39, 0.29) is 6.71 Å². The maximum absolute atomic E-state index is 2.58. The van der Waals surface area contributed by atoms with Crippen molar-refractivity contribution in [1.82, 2.24) is 4.57 Å². The zero-order valence-electron chi connectivity index (χ0n) is 28.5. The zero-order valence-corrected chi connectivity index (χ0v) is 28.5. The largest absolute Gasteiger partial charge is 0.311 e. The number of fused-ring (bicyclic) bond motifs is 7. The van der Waals surface area contributed by atoms with Gasteiger partial charge in [-0.15, -0.1) is 0 Å². The van der Waals surface area contributed by atoms with Crippen molar-refractivity contribution in [3.8, 4) is 5.69 Å². The van der Waals surface area contributed by atoms with Crippen LogP contribution in [0.1, 0.15) is 22.3 Å². The van der Waals surface area contributed by atoms with E-state index >= 15 is 0 Å². The van der Waals surface area contributed by atoms with E-state index in [2.05, 4.69) is 210 Å². The molecule has 0 spiro atoms. The highest BCUT2D eigenvalue weighted by Gasteiger charge is 2.50. The van der Waals surface area contributed by atoms with E-state index in [0.717, 1.165) is 5.69 Å². The van der Waals surface area contributed by atoms with Gasteiger partial charge in [-0.05, 0) is 63.5 Å². The minimum absolute atomic E-state index is 0.0925. The molecule has 2 aliphatic heterocycles. The number of aromatic nitrogens is 1. The van der Waals surface area contributed by atoms with E-state index in [1.54, 1.807) is 0 Å². The van der Waals surface area contributed by atoms with Crippen molar-refractivity contribution < 1.29 is 0 Å². The Morgan fingerprint density at radius 3 is 1.63 bits per heavy atom. The minimum atomic E-state index is -0.563. The summed E-state index contributed by atoms with van der Waals surface area (Å²) in [5.41, 5.74) is 15.7. The summed E-state index contributed by atoms with van der Waals surface area (Å²) in [7, 11) is 0. The molecular weight excluding hydrogens is 627 g/mol. The molecule has 0 fully saturated rings. The summed E-state index contributed by atoms with van der Waals surface area (Å²) in [6.07, 6.45) is 0. The van der Waals surface area contributed by atoms with Crippen molar-refractivity contribution >= 4 is 62.0 Å². The number of benzene rings is 8. The molecule has 0 amide bonds. The summed E-state index contributed by atoms with van der Waals surface area (Å²) in [5.74, 6) is 0. The Balaban J connectivity index is 1.30. The normalized spacial score (nSPS) is 13.8. The highest BCUT2D eigenvalue weighted by molar-refractivity contribution is 6.98. The number of nitrogens with zero attached hydrogens (tertiary/aromatic N) is 2. The second-order valence-corrected chi connectivity index (χ2v) is 14.0. The van der Waals surface area contributed by atoms with E-state index in [9.17, 15) is 0 Å². The summed E-state index contributed by atoms with van der Waals surface area (Å²) in [6, 6.07) is 74.2. The summed E-state index contributed by atoms with van der Waals surface area (Å²) < 4.78 is 2.45. The van der Waals surface area contributed by atoms with Gasteiger partial charge in [0.2, 0.25) is 6.71 Å². The summed E-state index contributed by atoms with van der Waals surface area (Å²) in [6.45, 7) is 0.0925. The highest BCUT2D eigenvalue weighted by atomic mass is 15.2. The fourth-order valence-corrected chi connectivity index (χ4v) is 9.50. The Hall–Kier alpha value is -6.58. The summed E-state index contributed by atoms with van der Waals surface area (Å²) in [4.78, 5) is 2.58. The molecule has 52 heavy (non-hydrogen) atoms. The van der Waals surface area contributed by atoms with Crippen LogP contribution >= 0.6 is 0 Å². The van der Waals surface area contributed by atoms with E-state index < -0.39 is 5.41 Å². The fraction of sp³-hybridized carbons (Fsp3) is 0.0204. The van der Waals surface area contributed by atoms with Gasteiger partial charge in [-0.25, -0.2) is 0 Å². The number of anilines is 3. The van der Waals surface area contributed by atoms with Crippen LogP contribution in [0.25, 0.3) is 27.5 Å². The van der Waals surface area contributed by atoms with Gasteiger partial charge in [0.15, 0.2) is 0 Å². The molecule has 9 aromatic rings. The van der Waals surface area contributed by atoms with Crippen molar-refractivity contribution in [3.05, 3.63) is 222 Å². The molecule has 0 N–H and O–H groups in total. The van der Waals surface area contributed by atoms with Gasteiger partial charge in [0.05, 0.1) is 22.1 Å². The average Bonchev–Trinajstić information content (AvgIpc) is 3.56. The van der Waals surface area contributed by atoms with Gasteiger partial charge in [0, 0.05) is 27.8 Å². The van der Waals surface area contributed by atoms with Crippen molar-refractivity contribution in [1.29, 1.82) is 0 Å². The Morgan fingerprint density at radius 1 is 0.404 bits per heavy atom. The number of para-hydroxylation sites is 4. The first-order valence-electron chi connectivity index (χ1n) is 18.2. The van der Waals surface area contributed by atoms with Gasteiger partial charge in [-0.1, -0.05) is 175 Å². The Bertz CT molecular complexity index is 2710. The lowest BCUT2D eigenvalue weighted by Gasteiger charge is -2.50. The first-order valence-corrected chi connectivity index (χ1v) is 18.2. The van der Waals surface area contributed by atoms with Crippen molar-refractivity contribution in [2.75, 3.05) is 4.90 Å². The molecule has 0 aliphatic carbocycles. The maximum Gasteiger partial charge on any atom is 0.246 e. The van der Waals surface area contributed by atoms with Crippen LogP contribution in [0.5, 0.6) is 0 Å². The topological polar surface area (TPSA) is 8.17 Å². The van der Waals surface area contributed by atoms with Gasteiger partial charge in [-0.3, -0.25) is 0 Å². The first-order chi connectivity index (χ1) is 25.8. The van der Waals surface area contributed by atoms with E-state index in [0.29, 0.717) is 0 Å². The van der Waals surface area contributed by atoms with Crippen LogP contribution in [0.4, 0.5) is 17.1 Å². The van der Waals surface area contributed by atoms with Gasteiger partial charge in [0.25, 0.3) is 0 Å². The minimum Gasteiger partial charge on any atom is -0.311 e. The molecule has 11 rings (SSSR count). The second-order valence-electron chi connectivity index (χ2n) is 14.0. The number of hydrogen-bond donors (Lipinski definition) is 0. The van der Waals surface area contributed by atoms with Gasteiger partial charge in [0.1, 0.15) is 0 Å². The quantitative estimate of drug-likeness (QED) is 0.171. The fourth-order valence-electron chi connectivity index (χ4n) is 9.50. The zero-order chi connectivity index (χ0) is 34.2. The molecule has 0 atom stereocenters. The van der Waals surface area contributed by atoms with Crippen LogP contribution in [-0.4, -0.2) is 11.3 Å². The predicted octanol–water partition coefficient (Wildman–Crippen LogP) is 9.78. The van der Waals surface area contributed by atoms with Crippen molar-refractivity contribution in [2.45, 2.75) is 5.41 Å². The molecule has 0 saturated carbocycles. The van der Waals surface area contributed by atoms with Crippen LogP contribution in [0.2, 0.25) is 0 Å². The van der Waals surface area contributed by atoms with E-state index in [4.69, 9.17) is 0 Å². The van der Waals surface area contributed by atoms with Crippen molar-refractivity contribution in [2.24, 2.45) is 0 Å². The van der Waals surface area contributed by atoms with Crippen LogP contribution in [0.15, 0.2) is 200 Å². The molecule has 2 nitrogen and oxygen atoms in total. The third-order valence-electron chi connectivity index (χ3n) is 11.5. The molecule has 3 heterocycles. The van der Waals surface area contributed by atoms with Gasteiger partial charge in [-0.2, -0.15) is 0 Å². The standard InChI is InChI=1S/C49H33BN2/c1-4-17-34(18-5-1)49(35-19-6-2-7-20-35)40-32-31-37(51-44-28-13-10-23-38(44)39-24-11-14-29-45(39)51)33-47(40)52-46-30-15-12-26-42(46)50(36-21-8-3-9-22-36)43-27-16-25-41(49)48(43)52/h1-33H. The van der Waals surface area contributed by atoms with Gasteiger partial charge >= 0.3 is 0 Å². The lowest BCUT2D eigenvalue weighted by molar-refractivity contribution is 0.731. The SMILES string of the molecule is c1ccc(B2c3ccccc3N3c4cc(-n5c6ccccc6c6ccccc65)ccc4C(c4ccccc4)(c4ccccc4)c4cccc2c43)cc1. The Labute approximate surface area is 303 Å². The van der Waals surface area contributed by atoms with E-state index in [1.165, 1.54) is 77.5 Å².